The van der Waals surface area contributed by atoms with Crippen molar-refractivity contribution in [3.8, 4) is 0 Å². The van der Waals surface area contributed by atoms with Gasteiger partial charge in [-0.25, -0.2) is 0 Å². The Balaban J connectivity index is 1.53. The number of rotatable bonds is 7. The van der Waals surface area contributed by atoms with Crippen molar-refractivity contribution in [2.45, 2.75) is 49.7 Å². The van der Waals surface area contributed by atoms with Crippen LogP contribution in [0, 0.1) is 0 Å². The number of thioether (sulfide) groups is 1. The first-order chi connectivity index (χ1) is 11.6. The first-order valence-corrected chi connectivity index (χ1v) is 9.44. The van der Waals surface area contributed by atoms with E-state index in [9.17, 15) is 4.79 Å². The van der Waals surface area contributed by atoms with Crippen molar-refractivity contribution < 1.29 is 4.79 Å². The summed E-state index contributed by atoms with van der Waals surface area (Å²) in [6, 6.07) is 10.8. The van der Waals surface area contributed by atoms with Crippen LogP contribution < -0.4 is 5.32 Å². The largest absolute Gasteiger partial charge is 0.354 e. The highest BCUT2D eigenvalue weighted by molar-refractivity contribution is 7.99. The lowest BCUT2D eigenvalue weighted by atomic mass is 9.64. The van der Waals surface area contributed by atoms with E-state index >= 15 is 0 Å². The molecule has 0 spiro atoms. The summed E-state index contributed by atoms with van der Waals surface area (Å²) in [4.78, 5) is 12.2. The molecule has 1 saturated carbocycles. The lowest BCUT2D eigenvalue weighted by Crippen LogP contribution is -2.46. The van der Waals surface area contributed by atoms with Crippen molar-refractivity contribution in [1.82, 2.24) is 20.1 Å². The minimum atomic E-state index is 0.0560. The van der Waals surface area contributed by atoms with Crippen LogP contribution in [0.25, 0.3) is 0 Å². The number of carbonyl (C=O) groups is 1. The molecule has 1 aromatic carbocycles. The van der Waals surface area contributed by atoms with E-state index in [2.05, 4.69) is 53.6 Å². The predicted molar refractivity (Wildman–Crippen MR) is 96.1 cm³/mol. The summed E-state index contributed by atoms with van der Waals surface area (Å²) in [5.41, 5.74) is 1.46. The van der Waals surface area contributed by atoms with Crippen LogP contribution in [-0.4, -0.2) is 33.0 Å². The van der Waals surface area contributed by atoms with Crippen molar-refractivity contribution in [2.24, 2.45) is 0 Å². The van der Waals surface area contributed by atoms with Crippen LogP contribution in [0.3, 0.4) is 0 Å². The Morgan fingerprint density at radius 2 is 2.08 bits per heavy atom. The molecule has 3 rings (SSSR count). The molecule has 128 valence electrons. The second-order valence-corrected chi connectivity index (χ2v) is 7.62. The van der Waals surface area contributed by atoms with E-state index in [0.29, 0.717) is 18.3 Å². The summed E-state index contributed by atoms with van der Waals surface area (Å²) in [6.45, 7) is 4.87. The second-order valence-electron chi connectivity index (χ2n) is 6.68. The van der Waals surface area contributed by atoms with Crippen LogP contribution >= 0.6 is 11.8 Å². The standard InChI is InChI=1S/C18H24N4OS/c1-14(2)22-13-20-21-17(22)24-11-16(23)19-12-18(9-6-10-18)15-7-4-3-5-8-15/h3-5,7-8,13-14H,6,9-12H2,1-2H3,(H,19,23). The molecule has 1 amide bonds. The molecule has 0 unspecified atom stereocenters. The maximum atomic E-state index is 12.2. The zero-order chi connectivity index (χ0) is 17.0. The number of amides is 1. The molecular formula is C18H24N4OS. The molecule has 0 atom stereocenters. The number of nitrogens with zero attached hydrogens (tertiary/aromatic N) is 3. The van der Waals surface area contributed by atoms with Gasteiger partial charge in [-0.1, -0.05) is 48.5 Å². The Bertz CT molecular complexity index is 679. The first-order valence-electron chi connectivity index (χ1n) is 8.45. The molecule has 0 saturated heterocycles. The number of aromatic nitrogens is 3. The number of nitrogens with one attached hydrogen (secondary N) is 1. The highest BCUT2D eigenvalue weighted by Crippen LogP contribution is 2.43. The van der Waals surface area contributed by atoms with Crippen molar-refractivity contribution in [3.63, 3.8) is 0 Å². The molecule has 2 aromatic rings. The fourth-order valence-electron chi connectivity index (χ4n) is 3.10. The molecule has 0 bridgehead atoms. The minimum absolute atomic E-state index is 0.0560. The Kier molecular flexibility index (Phi) is 5.23. The molecule has 0 radical (unpaired) electrons. The van der Waals surface area contributed by atoms with Gasteiger partial charge in [0.25, 0.3) is 0 Å². The Labute approximate surface area is 147 Å². The van der Waals surface area contributed by atoms with Gasteiger partial charge >= 0.3 is 0 Å². The molecule has 0 aliphatic heterocycles. The fraction of sp³-hybridized carbons (Fsp3) is 0.500. The topological polar surface area (TPSA) is 59.8 Å². The maximum absolute atomic E-state index is 12.2. The van der Waals surface area contributed by atoms with Crippen LogP contribution in [0.4, 0.5) is 0 Å². The Morgan fingerprint density at radius 3 is 2.71 bits per heavy atom. The van der Waals surface area contributed by atoms with Gasteiger partial charge in [0.05, 0.1) is 5.75 Å². The van der Waals surface area contributed by atoms with Gasteiger partial charge in [-0.15, -0.1) is 10.2 Å². The summed E-state index contributed by atoms with van der Waals surface area (Å²) < 4.78 is 1.98. The van der Waals surface area contributed by atoms with Gasteiger partial charge in [-0.3, -0.25) is 4.79 Å². The summed E-state index contributed by atoms with van der Waals surface area (Å²) in [6.07, 6.45) is 5.24. The fourth-order valence-corrected chi connectivity index (χ4v) is 3.98. The third kappa shape index (κ3) is 3.64. The first kappa shape index (κ1) is 17.0. The highest BCUT2D eigenvalue weighted by Gasteiger charge is 2.38. The van der Waals surface area contributed by atoms with Crippen LogP contribution in [0.5, 0.6) is 0 Å². The van der Waals surface area contributed by atoms with Crippen LogP contribution in [0.1, 0.15) is 44.7 Å². The van der Waals surface area contributed by atoms with Crippen LogP contribution in [0.15, 0.2) is 41.8 Å². The van der Waals surface area contributed by atoms with Gasteiger partial charge in [0, 0.05) is 18.0 Å². The number of benzene rings is 1. The predicted octanol–water partition coefficient (Wildman–Crippen LogP) is 3.19. The van der Waals surface area contributed by atoms with Crippen molar-refractivity contribution in [1.29, 1.82) is 0 Å². The molecule has 1 fully saturated rings. The molecular weight excluding hydrogens is 320 g/mol. The minimum Gasteiger partial charge on any atom is -0.354 e. The number of hydrogen-bond acceptors (Lipinski definition) is 4. The summed E-state index contributed by atoms with van der Waals surface area (Å²) in [5.74, 6) is 0.427. The van der Waals surface area contributed by atoms with Crippen LogP contribution in [0.2, 0.25) is 0 Å². The van der Waals surface area contributed by atoms with Gasteiger partial charge < -0.3 is 9.88 Å². The van der Waals surface area contributed by atoms with Gasteiger partial charge in [-0.05, 0) is 32.3 Å². The second kappa shape index (κ2) is 7.38. The highest BCUT2D eigenvalue weighted by atomic mass is 32.2. The summed E-state index contributed by atoms with van der Waals surface area (Å²) in [5, 5.41) is 11.9. The molecule has 1 aliphatic carbocycles. The zero-order valence-electron chi connectivity index (χ0n) is 14.2. The quantitative estimate of drug-likeness (QED) is 0.784. The van der Waals surface area contributed by atoms with Gasteiger partial charge in [-0.2, -0.15) is 0 Å². The lowest BCUT2D eigenvalue weighted by Gasteiger charge is -2.42. The third-order valence-corrected chi connectivity index (χ3v) is 5.71. The van der Waals surface area contributed by atoms with Crippen LogP contribution in [-0.2, 0) is 10.2 Å². The third-order valence-electron chi connectivity index (χ3n) is 4.75. The lowest BCUT2D eigenvalue weighted by molar-refractivity contribution is -0.119. The van der Waals surface area contributed by atoms with E-state index < -0.39 is 0 Å². The monoisotopic (exact) mass is 344 g/mol. The smallest absolute Gasteiger partial charge is 0.230 e. The van der Waals surface area contributed by atoms with Crippen molar-refractivity contribution in [2.75, 3.05) is 12.3 Å². The molecule has 1 aliphatic rings. The normalized spacial score (nSPS) is 16.0. The van der Waals surface area contributed by atoms with E-state index in [0.717, 1.165) is 18.0 Å². The average molecular weight is 344 g/mol. The molecule has 24 heavy (non-hydrogen) atoms. The van der Waals surface area contributed by atoms with E-state index in [1.54, 1.807) is 6.33 Å². The Hall–Kier alpha value is -1.82. The van der Waals surface area contributed by atoms with E-state index in [4.69, 9.17) is 0 Å². The van der Waals surface area contributed by atoms with E-state index in [-0.39, 0.29) is 11.3 Å². The SMILES string of the molecule is CC(C)n1cnnc1SCC(=O)NCC1(c2ccccc2)CCC1. The van der Waals surface area contributed by atoms with Gasteiger partial charge in [0.2, 0.25) is 5.91 Å². The summed E-state index contributed by atoms with van der Waals surface area (Å²) >= 11 is 1.44. The molecule has 1 aromatic heterocycles. The average Bonchev–Trinajstić information content (AvgIpc) is 3.02. The number of hydrogen-bond donors (Lipinski definition) is 1. The zero-order valence-corrected chi connectivity index (χ0v) is 15.1. The molecule has 1 N–H and O–H groups in total. The maximum Gasteiger partial charge on any atom is 0.230 e. The Morgan fingerprint density at radius 1 is 1.33 bits per heavy atom. The van der Waals surface area contributed by atoms with Crippen molar-refractivity contribution >= 4 is 17.7 Å². The van der Waals surface area contributed by atoms with Crippen molar-refractivity contribution in [3.05, 3.63) is 42.2 Å². The molecule has 5 nitrogen and oxygen atoms in total. The van der Waals surface area contributed by atoms with E-state index in [1.165, 1.54) is 23.7 Å². The van der Waals surface area contributed by atoms with Gasteiger partial charge in [0.1, 0.15) is 6.33 Å². The summed E-state index contributed by atoms with van der Waals surface area (Å²) in [7, 11) is 0. The van der Waals surface area contributed by atoms with E-state index in [1.807, 2.05) is 10.6 Å². The van der Waals surface area contributed by atoms with Gasteiger partial charge in [0.15, 0.2) is 5.16 Å². The molecule has 6 heteroatoms. The molecule has 1 heterocycles. The number of carbonyl (C=O) groups excluding carboxylic acids is 1.